The Morgan fingerprint density at radius 2 is 1.76 bits per heavy atom. The predicted octanol–water partition coefficient (Wildman–Crippen LogP) is 9.24. The number of aryl methyl sites for hydroxylation is 1. The summed E-state index contributed by atoms with van der Waals surface area (Å²) in [5.41, 5.74) is 5.75. The van der Waals surface area contributed by atoms with Gasteiger partial charge in [-0.3, -0.25) is 4.79 Å². The van der Waals surface area contributed by atoms with Crippen molar-refractivity contribution in [1.29, 1.82) is 0 Å². The molecule has 0 fully saturated rings. The Morgan fingerprint density at radius 3 is 2.57 bits per heavy atom. The van der Waals surface area contributed by atoms with Gasteiger partial charge in [0.2, 0.25) is 11.8 Å². The topological polar surface area (TPSA) is 101 Å². The Labute approximate surface area is 277 Å². The molecular formula is C35H24ClN5O3S2. The molecule has 0 spiro atoms. The Balaban J connectivity index is 1.38. The van der Waals surface area contributed by atoms with Crippen LogP contribution in [0, 0.1) is 16.3 Å². The van der Waals surface area contributed by atoms with Gasteiger partial charge in [0, 0.05) is 21.5 Å². The van der Waals surface area contributed by atoms with E-state index in [-0.39, 0.29) is 11.8 Å². The zero-order valence-corrected chi connectivity index (χ0v) is 26.9. The Hall–Kier alpha value is -5.03. The third-order valence-electron chi connectivity index (χ3n) is 8.44. The van der Waals surface area contributed by atoms with E-state index in [4.69, 9.17) is 50.6 Å². The average molecular weight is 662 g/mol. The molecular weight excluding hydrogens is 638 g/mol. The number of ether oxygens (including phenoxy) is 2. The van der Waals surface area contributed by atoms with Crippen LogP contribution >= 0.6 is 36.0 Å². The van der Waals surface area contributed by atoms with Crippen LogP contribution in [0.15, 0.2) is 84.9 Å². The minimum atomic E-state index is -0.428. The van der Waals surface area contributed by atoms with E-state index in [0.717, 1.165) is 49.7 Å². The number of methoxy groups -OCH3 is 1. The molecule has 4 heterocycles. The molecule has 0 saturated heterocycles. The summed E-state index contributed by atoms with van der Waals surface area (Å²) >= 11 is 17.7. The first-order chi connectivity index (χ1) is 22.3. The van der Waals surface area contributed by atoms with Crippen LogP contribution in [0.4, 0.5) is 0 Å². The number of nitrogens with one attached hydrogen (secondary N) is 3. The van der Waals surface area contributed by atoms with Crippen LogP contribution in [-0.4, -0.2) is 37.7 Å². The number of H-pyrrole nitrogens is 3. The molecule has 4 aromatic carbocycles. The molecule has 3 aromatic heterocycles. The van der Waals surface area contributed by atoms with Crippen LogP contribution in [0.3, 0.4) is 0 Å². The van der Waals surface area contributed by atoms with E-state index in [0.29, 0.717) is 37.3 Å². The first-order valence-electron chi connectivity index (χ1n) is 14.4. The van der Waals surface area contributed by atoms with E-state index in [1.54, 1.807) is 13.2 Å². The summed E-state index contributed by atoms with van der Waals surface area (Å²) < 4.78 is 14.1. The molecule has 3 N–H and O–H groups in total. The zero-order chi connectivity index (χ0) is 31.7. The highest BCUT2D eigenvalue weighted by Crippen LogP contribution is 2.50. The molecule has 8 nitrogen and oxygen atoms in total. The van der Waals surface area contributed by atoms with Crippen molar-refractivity contribution in [2.75, 3.05) is 7.11 Å². The summed E-state index contributed by atoms with van der Waals surface area (Å²) in [6, 6.07) is 27.3. The van der Waals surface area contributed by atoms with E-state index in [1.807, 2.05) is 79.7 Å². The maximum absolute atomic E-state index is 14.6. The molecule has 46 heavy (non-hydrogen) atoms. The SMILES string of the molecule is COc1ccc2c(C3c4c(C)nn(C(=O)c5[nH]c6ccc(Cl)cc6c5-c5ccccc5)c4Oc4[nH]c(=S)[nH]c(=S)c43)cccc2c1. The Kier molecular flexibility index (Phi) is 6.68. The quantitative estimate of drug-likeness (QED) is 0.163. The molecule has 8 rings (SSSR count). The summed E-state index contributed by atoms with van der Waals surface area (Å²) in [5, 5.41) is 8.19. The van der Waals surface area contributed by atoms with E-state index in [1.165, 1.54) is 4.68 Å². The van der Waals surface area contributed by atoms with Gasteiger partial charge in [0.25, 0.3) is 5.91 Å². The van der Waals surface area contributed by atoms with Crippen LogP contribution in [0.25, 0.3) is 32.8 Å². The van der Waals surface area contributed by atoms with E-state index in [9.17, 15) is 4.79 Å². The van der Waals surface area contributed by atoms with Gasteiger partial charge in [-0.15, -0.1) is 0 Å². The van der Waals surface area contributed by atoms with Gasteiger partial charge >= 0.3 is 0 Å². The number of rotatable bonds is 4. The zero-order valence-electron chi connectivity index (χ0n) is 24.5. The lowest BCUT2D eigenvalue weighted by molar-refractivity contribution is 0.0931. The maximum Gasteiger partial charge on any atom is 0.298 e. The normalized spacial score (nSPS) is 13.8. The molecule has 7 aromatic rings. The molecule has 1 atom stereocenters. The second-order valence-electron chi connectivity index (χ2n) is 11.1. The van der Waals surface area contributed by atoms with Gasteiger partial charge in [-0.05, 0) is 71.4 Å². The highest BCUT2D eigenvalue weighted by atomic mass is 35.5. The largest absolute Gasteiger partial charge is 0.497 e. The van der Waals surface area contributed by atoms with Crippen LogP contribution in [0.2, 0.25) is 5.02 Å². The number of halogens is 1. The highest BCUT2D eigenvalue weighted by molar-refractivity contribution is 7.72. The summed E-state index contributed by atoms with van der Waals surface area (Å²) in [4.78, 5) is 24.2. The highest BCUT2D eigenvalue weighted by Gasteiger charge is 2.39. The van der Waals surface area contributed by atoms with Crippen molar-refractivity contribution in [2.45, 2.75) is 12.8 Å². The number of benzene rings is 4. The first-order valence-corrected chi connectivity index (χ1v) is 15.6. The number of nitrogens with zero attached hydrogens (tertiary/aromatic N) is 2. The van der Waals surface area contributed by atoms with Gasteiger partial charge in [-0.2, -0.15) is 9.78 Å². The van der Waals surface area contributed by atoms with E-state index >= 15 is 0 Å². The number of hydrogen-bond donors (Lipinski definition) is 3. The van der Waals surface area contributed by atoms with Crippen LogP contribution in [-0.2, 0) is 0 Å². The summed E-state index contributed by atoms with van der Waals surface area (Å²) in [5.74, 6) is 0.579. The van der Waals surface area contributed by atoms with Crippen molar-refractivity contribution >= 4 is 63.6 Å². The van der Waals surface area contributed by atoms with E-state index in [2.05, 4.69) is 21.0 Å². The molecule has 226 valence electrons. The lowest BCUT2D eigenvalue weighted by atomic mass is 9.82. The lowest BCUT2D eigenvalue weighted by Crippen LogP contribution is -2.20. The lowest BCUT2D eigenvalue weighted by Gasteiger charge is -2.27. The van der Waals surface area contributed by atoms with Gasteiger partial charge in [0.15, 0.2) is 4.77 Å². The van der Waals surface area contributed by atoms with Crippen molar-refractivity contribution in [3.63, 3.8) is 0 Å². The fraction of sp³-hybridized carbons (Fsp3) is 0.0857. The Bertz CT molecular complexity index is 2500. The maximum atomic E-state index is 14.6. The molecule has 0 radical (unpaired) electrons. The van der Waals surface area contributed by atoms with Crippen molar-refractivity contribution < 1.29 is 14.3 Å². The number of carbonyl (C=O) groups is 1. The molecule has 0 saturated carbocycles. The van der Waals surface area contributed by atoms with Gasteiger partial charge in [-0.1, -0.05) is 78.4 Å². The number of carbonyl (C=O) groups excluding carboxylic acids is 1. The molecule has 1 unspecified atom stereocenters. The fourth-order valence-electron chi connectivity index (χ4n) is 6.46. The number of fused-ring (bicyclic) bond motifs is 4. The van der Waals surface area contributed by atoms with Crippen LogP contribution < -0.4 is 9.47 Å². The third-order valence-corrected chi connectivity index (χ3v) is 9.20. The molecule has 0 aliphatic carbocycles. The first kappa shape index (κ1) is 28.4. The number of aromatic amines is 3. The Morgan fingerprint density at radius 1 is 0.935 bits per heavy atom. The second kappa shape index (κ2) is 10.8. The minimum Gasteiger partial charge on any atom is -0.497 e. The molecule has 0 bridgehead atoms. The molecule has 11 heteroatoms. The standard InChI is InChI=1S/C35H24ClN5O3S2/c1-17-26-28(23-10-6-9-19-15-21(43-2)12-13-22(19)23)29-31(38-35(46)39-32(29)45)44-34(26)41(40-17)33(42)30-27(18-7-4-3-5-8-18)24-16-20(36)11-14-25(24)37-30/h3-16,28,37H,1-2H3,(H2,38,39,45,46). The molecule has 1 aliphatic rings. The van der Waals surface area contributed by atoms with Gasteiger partial charge in [-0.25, -0.2) is 0 Å². The van der Waals surface area contributed by atoms with Crippen molar-refractivity contribution in [3.05, 3.63) is 127 Å². The van der Waals surface area contributed by atoms with Crippen LogP contribution in [0.5, 0.6) is 17.5 Å². The second-order valence-corrected chi connectivity index (χ2v) is 12.3. The average Bonchev–Trinajstić information content (AvgIpc) is 3.60. The van der Waals surface area contributed by atoms with Crippen molar-refractivity contribution in [1.82, 2.24) is 24.7 Å². The van der Waals surface area contributed by atoms with E-state index < -0.39 is 5.92 Å². The molecule has 0 amide bonds. The van der Waals surface area contributed by atoms with Gasteiger partial charge < -0.3 is 24.4 Å². The van der Waals surface area contributed by atoms with Gasteiger partial charge in [0.05, 0.1) is 29.8 Å². The number of hydrogen-bond acceptors (Lipinski definition) is 6. The number of aromatic nitrogens is 5. The predicted molar refractivity (Wildman–Crippen MR) is 184 cm³/mol. The minimum absolute atomic E-state index is 0.285. The summed E-state index contributed by atoms with van der Waals surface area (Å²) in [6.07, 6.45) is 0. The van der Waals surface area contributed by atoms with Gasteiger partial charge in [0.1, 0.15) is 16.1 Å². The monoisotopic (exact) mass is 661 g/mol. The van der Waals surface area contributed by atoms with Crippen molar-refractivity contribution in [2.24, 2.45) is 0 Å². The fourth-order valence-corrected chi connectivity index (χ4v) is 7.20. The molecule has 1 aliphatic heterocycles. The summed E-state index contributed by atoms with van der Waals surface area (Å²) in [6.45, 7) is 1.87. The summed E-state index contributed by atoms with van der Waals surface area (Å²) in [7, 11) is 1.65. The van der Waals surface area contributed by atoms with Crippen LogP contribution in [0.1, 0.15) is 38.8 Å². The van der Waals surface area contributed by atoms with Crippen molar-refractivity contribution in [3.8, 4) is 28.6 Å². The third kappa shape index (κ3) is 4.40. The smallest absolute Gasteiger partial charge is 0.298 e.